The first-order valence-electron chi connectivity index (χ1n) is 21.0. The van der Waals surface area contributed by atoms with Crippen LogP contribution in [0.15, 0.2) is 36.5 Å². The number of rotatable bonds is 8. The average Bonchev–Trinajstić information content (AvgIpc) is 4.14. The number of Topliss-reactive ketones (excluding diaryl/α,β-unsaturated/α-hetero) is 1. The maximum Gasteiger partial charge on any atom is 0.306 e. The average molecular weight is 804 g/mol. The fourth-order valence-electron chi connectivity index (χ4n) is 10.1. The predicted molar refractivity (Wildman–Crippen MR) is 208 cm³/mol. The molecule has 0 radical (unpaired) electrons. The minimum atomic E-state index is -3.85. The number of carbonyl (C=O) groups excluding carboxylic acids is 4. The lowest BCUT2D eigenvalue weighted by Crippen LogP contribution is -2.47. The molecule has 2 aromatic rings. The lowest BCUT2D eigenvalue weighted by molar-refractivity contribution is -0.155. The van der Waals surface area contributed by atoms with E-state index >= 15 is 0 Å². The Hall–Kier alpha value is -4.20. The van der Waals surface area contributed by atoms with Gasteiger partial charge in [0.25, 0.3) is 0 Å². The van der Waals surface area contributed by atoms with Crippen molar-refractivity contribution in [3.8, 4) is 17.4 Å². The predicted octanol–water partition coefficient (Wildman–Crippen LogP) is 5.29. The molecular weight excluding hydrogens is 751 g/mol. The summed E-state index contributed by atoms with van der Waals surface area (Å²) < 4.78 is 52.5. The van der Waals surface area contributed by atoms with E-state index in [2.05, 4.69) is 16.6 Å². The van der Waals surface area contributed by atoms with Gasteiger partial charge in [-0.05, 0) is 106 Å². The molecule has 4 saturated carbocycles. The molecular formula is C43H53N3O10S. The summed E-state index contributed by atoms with van der Waals surface area (Å²) in [5, 5.41) is 0.861. The molecule has 306 valence electrons. The summed E-state index contributed by atoms with van der Waals surface area (Å²) in [6, 6.07) is 4.53. The second-order valence-electron chi connectivity index (χ2n) is 18.0. The van der Waals surface area contributed by atoms with Gasteiger partial charge in [0.2, 0.25) is 27.7 Å². The van der Waals surface area contributed by atoms with Crippen LogP contribution in [0.3, 0.4) is 0 Å². The zero-order chi connectivity index (χ0) is 39.6. The molecule has 0 bridgehead atoms. The molecule has 57 heavy (non-hydrogen) atoms. The van der Waals surface area contributed by atoms with E-state index in [4.69, 9.17) is 18.9 Å². The molecule has 3 aliphatic heterocycles. The highest BCUT2D eigenvalue weighted by Crippen LogP contribution is 2.57. The van der Waals surface area contributed by atoms with Crippen LogP contribution in [-0.2, 0) is 33.9 Å². The Kier molecular flexibility index (Phi) is 10.0. The number of nitrogens with zero attached hydrogens (tertiary/aromatic N) is 2. The normalized spacial score (nSPS) is 35.5. The van der Waals surface area contributed by atoms with Crippen molar-refractivity contribution in [3.05, 3.63) is 36.5 Å². The lowest BCUT2D eigenvalue weighted by Gasteiger charge is -2.32. The minimum Gasteiger partial charge on any atom is -0.486 e. The minimum absolute atomic E-state index is 0.0657. The van der Waals surface area contributed by atoms with Gasteiger partial charge in [-0.3, -0.25) is 23.9 Å². The number of ether oxygens (including phenoxy) is 4. The number of benzene rings is 1. The molecule has 13 nitrogen and oxygen atoms in total. The Balaban J connectivity index is 1.02. The smallest absolute Gasteiger partial charge is 0.306 e. The van der Waals surface area contributed by atoms with Gasteiger partial charge in [-0.25, -0.2) is 13.4 Å². The summed E-state index contributed by atoms with van der Waals surface area (Å²) in [4.78, 5) is 63.3. The van der Waals surface area contributed by atoms with Crippen molar-refractivity contribution in [1.29, 1.82) is 0 Å². The number of ketones is 1. The van der Waals surface area contributed by atoms with Crippen LogP contribution in [0, 0.1) is 40.9 Å². The molecule has 2 amide bonds. The molecule has 1 aromatic carbocycles. The molecule has 14 heteroatoms. The largest absolute Gasteiger partial charge is 0.486 e. The number of allylic oxidation sites excluding steroid dienone is 2. The number of hydrogen-bond acceptors (Lipinski definition) is 11. The first kappa shape index (κ1) is 38.3. The Morgan fingerprint density at radius 2 is 1.75 bits per heavy atom. The van der Waals surface area contributed by atoms with Crippen LogP contribution in [0.2, 0.25) is 0 Å². The van der Waals surface area contributed by atoms with E-state index < -0.39 is 50.6 Å². The van der Waals surface area contributed by atoms with Crippen LogP contribution >= 0.6 is 0 Å². The monoisotopic (exact) mass is 803 g/mol. The van der Waals surface area contributed by atoms with Gasteiger partial charge in [0.15, 0.2) is 17.3 Å². The van der Waals surface area contributed by atoms with Crippen LogP contribution in [0.1, 0.15) is 90.9 Å². The summed E-state index contributed by atoms with van der Waals surface area (Å²) in [6.45, 7) is 5.07. The number of aromatic nitrogens is 1. The maximum absolute atomic E-state index is 15.0. The van der Waals surface area contributed by atoms with Crippen molar-refractivity contribution in [2.45, 2.75) is 114 Å². The summed E-state index contributed by atoms with van der Waals surface area (Å²) in [5.74, 6) is 0.113. The number of amides is 2. The van der Waals surface area contributed by atoms with Crippen molar-refractivity contribution in [2.75, 3.05) is 19.8 Å². The number of sulfonamides is 1. The summed E-state index contributed by atoms with van der Waals surface area (Å²) >= 11 is 0. The first-order valence-corrected chi connectivity index (χ1v) is 22.5. The number of esters is 1. The Labute approximate surface area is 333 Å². The van der Waals surface area contributed by atoms with E-state index in [1.165, 1.54) is 6.42 Å². The number of fused-ring (bicyclic) bond motifs is 6. The van der Waals surface area contributed by atoms with Gasteiger partial charge in [0, 0.05) is 29.8 Å². The molecule has 0 spiro atoms. The first-order chi connectivity index (χ1) is 27.4. The summed E-state index contributed by atoms with van der Waals surface area (Å²) in [7, 11) is -3.85. The topological polar surface area (TPSA) is 168 Å². The highest BCUT2D eigenvalue weighted by Gasteiger charge is 2.62. The number of hydrogen-bond donors (Lipinski definition) is 1. The van der Waals surface area contributed by atoms with Crippen LogP contribution < -0.4 is 18.9 Å². The van der Waals surface area contributed by atoms with Gasteiger partial charge >= 0.3 is 5.97 Å². The maximum atomic E-state index is 15.0. The van der Waals surface area contributed by atoms with Gasteiger partial charge in [0.05, 0.1) is 35.6 Å². The van der Waals surface area contributed by atoms with Crippen molar-refractivity contribution in [3.63, 3.8) is 0 Å². The van der Waals surface area contributed by atoms with Gasteiger partial charge in [-0.1, -0.05) is 26.0 Å². The van der Waals surface area contributed by atoms with E-state index in [-0.39, 0.29) is 61.4 Å². The van der Waals surface area contributed by atoms with Gasteiger partial charge in [0.1, 0.15) is 25.4 Å². The molecule has 4 aliphatic carbocycles. The molecule has 7 aliphatic rings. The number of carbonyl (C=O) groups is 4. The van der Waals surface area contributed by atoms with E-state index in [9.17, 15) is 27.6 Å². The molecule has 1 N–H and O–H groups in total. The molecule has 10 atom stereocenters. The Bertz CT molecular complexity index is 2090. The van der Waals surface area contributed by atoms with Crippen molar-refractivity contribution < 1.29 is 46.5 Å². The van der Waals surface area contributed by atoms with Crippen LogP contribution in [0.25, 0.3) is 10.8 Å². The van der Waals surface area contributed by atoms with Crippen molar-refractivity contribution in [2.24, 2.45) is 40.9 Å². The van der Waals surface area contributed by atoms with E-state index in [0.29, 0.717) is 73.5 Å². The quantitative estimate of drug-likeness (QED) is 0.272. The van der Waals surface area contributed by atoms with Crippen LogP contribution in [0.5, 0.6) is 17.4 Å². The molecule has 1 saturated heterocycles. The van der Waals surface area contributed by atoms with Crippen LogP contribution in [0.4, 0.5) is 0 Å². The lowest BCUT2D eigenvalue weighted by atomic mass is 9.82. The third-order valence-electron chi connectivity index (χ3n) is 13.7. The highest BCUT2D eigenvalue weighted by molar-refractivity contribution is 7.90. The third kappa shape index (κ3) is 7.74. The van der Waals surface area contributed by atoms with Crippen molar-refractivity contribution in [1.82, 2.24) is 14.6 Å². The third-order valence-corrected chi connectivity index (χ3v) is 15.6. The van der Waals surface area contributed by atoms with E-state index in [1.54, 1.807) is 11.1 Å². The SMILES string of the molecule is C[C@H]1CC/C=C\[C@@H]2C[C@@]2(C(=O)NS(=O)(=O)C2CC2)CC(=O)[C@@H]2C[C@@H](Oc3nccc4c5c(ccc34)OCCO5)CN2C(=O)[C@@H](CC(=O)OC2C[C@@H]3C[C@@H]3C2)[C@H](C)C1. The molecule has 9 rings (SSSR count). The van der Waals surface area contributed by atoms with Gasteiger partial charge in [-0.2, -0.15) is 0 Å². The molecule has 4 heterocycles. The number of nitrogens with one attached hydrogen (secondary N) is 1. The van der Waals surface area contributed by atoms with Gasteiger partial charge in [-0.15, -0.1) is 0 Å². The van der Waals surface area contributed by atoms with E-state index in [0.717, 1.165) is 31.1 Å². The second kappa shape index (κ2) is 14.9. The molecule has 1 unspecified atom stereocenters. The van der Waals surface area contributed by atoms with Crippen LogP contribution in [-0.4, -0.2) is 85.1 Å². The zero-order valence-electron chi connectivity index (χ0n) is 32.7. The Morgan fingerprint density at radius 3 is 2.54 bits per heavy atom. The fraction of sp³-hybridized carbons (Fsp3) is 0.651. The van der Waals surface area contributed by atoms with Crippen molar-refractivity contribution >= 4 is 44.4 Å². The summed E-state index contributed by atoms with van der Waals surface area (Å²) in [6.07, 6.45) is 11.2. The highest BCUT2D eigenvalue weighted by atomic mass is 32.2. The van der Waals surface area contributed by atoms with Gasteiger partial charge < -0.3 is 23.8 Å². The van der Waals surface area contributed by atoms with E-state index in [1.807, 2.05) is 37.3 Å². The number of pyridine rings is 1. The fourth-order valence-corrected chi connectivity index (χ4v) is 11.5. The zero-order valence-corrected chi connectivity index (χ0v) is 33.5. The Morgan fingerprint density at radius 1 is 0.965 bits per heavy atom. The molecule has 1 aromatic heterocycles. The standard InChI is InChI=1S/C43H53N3O10S/c1-24-5-3-4-6-28-21-43(28,42(50)45-57(51,52)31-7-8-31)22-36(47)35-19-30(56-40-33-9-10-37-39(54-14-13-53-37)32(33)11-12-44-40)23-46(35)41(49)34(25(2)15-24)20-38(48)55-29-17-26-16-27(26)18-29/h4,6,9-12,24-31,34-35H,3,5,7-8,13-23H2,1-2H3,(H,45,50)/b6-4-/t24-,25+,26-,27+,28+,29?,30+,34-,35-,43+/m0/s1. The molecule has 5 fully saturated rings. The second-order valence-corrected chi connectivity index (χ2v) is 20.0. The summed E-state index contributed by atoms with van der Waals surface area (Å²) in [5.41, 5.74) is -1.24.